The third-order valence-electron chi connectivity index (χ3n) is 4.60. The van der Waals surface area contributed by atoms with Crippen LogP contribution in [-0.2, 0) is 9.47 Å². The van der Waals surface area contributed by atoms with Gasteiger partial charge in [0.2, 0.25) is 0 Å². The number of ether oxygens (including phenoxy) is 2. The van der Waals surface area contributed by atoms with E-state index in [1.54, 1.807) is 6.20 Å². The summed E-state index contributed by atoms with van der Waals surface area (Å²) in [5, 5.41) is 9.61. The molecule has 0 atom stereocenters. The van der Waals surface area contributed by atoms with Gasteiger partial charge in [-0.05, 0) is 41.5 Å². The first-order chi connectivity index (χ1) is 18.1. The molecule has 4 heterocycles. The molecule has 39 heavy (non-hydrogen) atoms. The maximum atomic E-state index is 11.6. The Bertz CT molecular complexity index is 1070. The molecule has 2 saturated heterocycles. The van der Waals surface area contributed by atoms with Crippen molar-refractivity contribution in [3.05, 3.63) is 40.2 Å². The number of alkyl carbamates (subject to hydrolysis) is 2. The van der Waals surface area contributed by atoms with Gasteiger partial charge < -0.3 is 30.3 Å². The number of amides is 2. The first-order valence-corrected chi connectivity index (χ1v) is 13.3. The molecular weight excluding hydrogens is 571 g/mol. The molecule has 2 aliphatic rings. The molecular formula is C24H35Cl3N8O4. The van der Waals surface area contributed by atoms with Gasteiger partial charge >= 0.3 is 12.2 Å². The summed E-state index contributed by atoms with van der Waals surface area (Å²) in [4.78, 5) is 40.1. The summed E-state index contributed by atoms with van der Waals surface area (Å²) in [5.41, 5.74) is -0.882. The fraction of sp³-hybridized carbons (Fsp3) is 0.583. The minimum Gasteiger partial charge on any atom is -0.444 e. The highest BCUT2D eigenvalue weighted by molar-refractivity contribution is 6.32. The predicted molar refractivity (Wildman–Crippen MR) is 150 cm³/mol. The molecule has 4 rings (SSSR count). The number of nitrogens with one attached hydrogen (secondary N) is 3. The number of halogens is 3. The van der Waals surface area contributed by atoms with Crippen molar-refractivity contribution in [2.75, 3.05) is 31.1 Å². The van der Waals surface area contributed by atoms with E-state index in [0.717, 1.165) is 18.9 Å². The molecule has 15 heteroatoms. The van der Waals surface area contributed by atoms with Crippen LogP contribution in [0, 0.1) is 0 Å². The lowest BCUT2D eigenvalue weighted by Crippen LogP contribution is -2.60. The molecule has 216 valence electrons. The van der Waals surface area contributed by atoms with Gasteiger partial charge in [-0.15, -0.1) is 0 Å². The van der Waals surface area contributed by atoms with Crippen LogP contribution in [0.3, 0.4) is 0 Å². The topological polar surface area (TPSA) is 143 Å². The molecule has 0 radical (unpaired) electrons. The Balaban J connectivity index is 0.000000227. The first kappa shape index (κ1) is 32.5. The van der Waals surface area contributed by atoms with Crippen LogP contribution in [0.25, 0.3) is 0 Å². The zero-order chi connectivity index (χ0) is 29.2. The van der Waals surface area contributed by atoms with Crippen molar-refractivity contribution >= 4 is 52.8 Å². The van der Waals surface area contributed by atoms with Crippen molar-refractivity contribution in [3.63, 3.8) is 0 Å². The highest BCUT2D eigenvalue weighted by Crippen LogP contribution is 2.19. The number of nitrogens with zero attached hydrogens (tertiary/aromatic N) is 5. The summed E-state index contributed by atoms with van der Waals surface area (Å²) in [7, 11) is 0. The predicted octanol–water partition coefficient (Wildman–Crippen LogP) is 4.11. The molecule has 2 aromatic rings. The second kappa shape index (κ2) is 14.6. The van der Waals surface area contributed by atoms with Crippen molar-refractivity contribution < 1.29 is 19.1 Å². The van der Waals surface area contributed by atoms with Gasteiger partial charge in [0.05, 0.1) is 36.9 Å². The van der Waals surface area contributed by atoms with Crippen LogP contribution in [0.15, 0.2) is 24.8 Å². The quantitative estimate of drug-likeness (QED) is 0.468. The molecule has 0 spiro atoms. The van der Waals surface area contributed by atoms with Crippen molar-refractivity contribution in [1.82, 2.24) is 35.9 Å². The minimum absolute atomic E-state index is 0.0654. The Morgan fingerprint density at radius 3 is 1.59 bits per heavy atom. The molecule has 2 aromatic heterocycles. The summed E-state index contributed by atoms with van der Waals surface area (Å²) < 4.78 is 10.3. The average molecular weight is 606 g/mol. The molecule has 0 unspecified atom stereocenters. The molecule has 2 fully saturated rings. The Labute approximate surface area is 243 Å². The fourth-order valence-corrected chi connectivity index (χ4v) is 3.38. The van der Waals surface area contributed by atoms with E-state index in [0.29, 0.717) is 28.5 Å². The van der Waals surface area contributed by atoms with Gasteiger partial charge in [0.25, 0.3) is 0 Å². The lowest BCUT2D eigenvalue weighted by atomic mass is 10.1. The largest absolute Gasteiger partial charge is 0.444 e. The van der Waals surface area contributed by atoms with Crippen LogP contribution < -0.4 is 20.9 Å². The summed E-state index contributed by atoms with van der Waals surface area (Å²) >= 11 is 16.5. The molecule has 0 aliphatic carbocycles. The normalized spacial score (nSPS) is 15.3. The molecule has 2 aliphatic heterocycles. The fourth-order valence-electron chi connectivity index (χ4n) is 2.90. The number of hydrogen-bond acceptors (Lipinski definition) is 10. The lowest BCUT2D eigenvalue weighted by molar-refractivity contribution is 0.0479. The Morgan fingerprint density at radius 1 is 0.795 bits per heavy atom. The van der Waals surface area contributed by atoms with Crippen molar-refractivity contribution in [2.45, 2.75) is 64.8 Å². The van der Waals surface area contributed by atoms with Crippen LogP contribution >= 0.6 is 34.8 Å². The van der Waals surface area contributed by atoms with Crippen LogP contribution in [-0.4, -0.2) is 81.6 Å². The van der Waals surface area contributed by atoms with Crippen LogP contribution in [0.1, 0.15) is 41.5 Å². The number of hydrogen-bond donors (Lipinski definition) is 3. The van der Waals surface area contributed by atoms with Crippen LogP contribution in [0.2, 0.25) is 15.5 Å². The summed E-state index contributed by atoms with van der Waals surface area (Å²) in [6.07, 6.45) is 5.26. The minimum atomic E-state index is -0.480. The summed E-state index contributed by atoms with van der Waals surface area (Å²) in [5.74, 6) is 0.717. The zero-order valence-corrected chi connectivity index (χ0v) is 25.1. The van der Waals surface area contributed by atoms with E-state index >= 15 is 0 Å². The highest BCUT2D eigenvalue weighted by atomic mass is 35.5. The summed E-state index contributed by atoms with van der Waals surface area (Å²) in [6, 6.07) is 0.315. The second-order valence-corrected chi connectivity index (χ2v) is 11.8. The molecule has 3 N–H and O–H groups in total. The van der Waals surface area contributed by atoms with Crippen molar-refractivity contribution in [3.8, 4) is 0 Å². The lowest BCUT2D eigenvalue weighted by Gasteiger charge is -2.40. The average Bonchev–Trinajstić information content (AvgIpc) is 2.71. The van der Waals surface area contributed by atoms with Gasteiger partial charge in [0.15, 0.2) is 0 Å². The van der Waals surface area contributed by atoms with Gasteiger partial charge in [0.1, 0.15) is 32.5 Å². The third-order valence-corrected chi connectivity index (χ3v) is 5.14. The Morgan fingerprint density at radius 2 is 1.23 bits per heavy atom. The van der Waals surface area contributed by atoms with Gasteiger partial charge in [-0.25, -0.2) is 19.6 Å². The number of aromatic nitrogens is 4. The second-order valence-electron chi connectivity index (χ2n) is 10.6. The molecule has 2 amide bonds. The van der Waals surface area contributed by atoms with Gasteiger partial charge in [-0.3, -0.25) is 9.97 Å². The van der Waals surface area contributed by atoms with Crippen molar-refractivity contribution in [2.24, 2.45) is 0 Å². The van der Waals surface area contributed by atoms with Crippen molar-refractivity contribution in [1.29, 1.82) is 0 Å². The number of carbonyl (C=O) groups is 2. The maximum absolute atomic E-state index is 11.6. The van der Waals surface area contributed by atoms with E-state index in [9.17, 15) is 9.59 Å². The standard InChI is InChI=1S/C12H17ClN4O2.C8H16N2O2.C4H2Cl2N2/c1-12(2,3)19-11(18)15-8-6-17(7-8)10-5-14-4-9(13)16-10;1-8(2,3)12-7(11)10-6-4-9-5-6;5-3-1-7-2-4(6)8-3/h4-5,8H,6-7H2,1-3H3,(H,15,18);6,9H,4-5H2,1-3H3,(H,10,11);1-2H. The summed E-state index contributed by atoms with van der Waals surface area (Å²) in [6.45, 7) is 14.1. The Kier molecular flexibility index (Phi) is 12.2. The van der Waals surface area contributed by atoms with Gasteiger partial charge in [0, 0.05) is 26.2 Å². The van der Waals surface area contributed by atoms with E-state index in [1.165, 1.54) is 18.6 Å². The smallest absolute Gasteiger partial charge is 0.407 e. The Hall–Kier alpha value is -2.67. The molecule has 0 bridgehead atoms. The highest BCUT2D eigenvalue weighted by Gasteiger charge is 2.30. The van der Waals surface area contributed by atoms with E-state index in [2.05, 4.69) is 35.9 Å². The number of rotatable bonds is 3. The van der Waals surface area contributed by atoms with E-state index in [-0.39, 0.29) is 18.2 Å². The first-order valence-electron chi connectivity index (χ1n) is 12.1. The van der Waals surface area contributed by atoms with Gasteiger partial charge in [-0.1, -0.05) is 34.8 Å². The van der Waals surface area contributed by atoms with Crippen LogP contribution in [0.5, 0.6) is 0 Å². The SMILES string of the molecule is CC(C)(C)OC(=O)NC1CN(c2cncc(Cl)n2)C1.CC(C)(C)OC(=O)NC1CNC1.Clc1cncc(Cl)n1. The maximum Gasteiger partial charge on any atom is 0.407 e. The number of carbonyl (C=O) groups excluding carboxylic acids is 2. The molecule has 0 saturated carbocycles. The third kappa shape index (κ3) is 13.8. The van der Waals surface area contributed by atoms with E-state index < -0.39 is 17.3 Å². The molecule has 0 aromatic carbocycles. The van der Waals surface area contributed by atoms with E-state index in [1.807, 2.05) is 46.4 Å². The number of anilines is 1. The van der Waals surface area contributed by atoms with Crippen LogP contribution in [0.4, 0.5) is 15.4 Å². The van der Waals surface area contributed by atoms with Gasteiger partial charge in [-0.2, -0.15) is 0 Å². The monoisotopic (exact) mass is 604 g/mol. The molecule has 12 nitrogen and oxygen atoms in total. The zero-order valence-electron chi connectivity index (χ0n) is 22.8. The van der Waals surface area contributed by atoms with E-state index in [4.69, 9.17) is 44.3 Å².